The quantitative estimate of drug-likeness (QED) is 0.479. The highest BCUT2D eigenvalue weighted by Crippen LogP contribution is 2.52. The lowest BCUT2D eigenvalue weighted by Gasteiger charge is -2.28. The SMILES string of the molecule is O[C@@H]1c2ccc3c4c2c(cc2cccc(c24)[C@@H](O)[C@@H]3O)[C@H]1O. The van der Waals surface area contributed by atoms with Gasteiger partial charge in [-0.2, -0.15) is 0 Å². The molecule has 3 aromatic rings. The predicted octanol–water partition coefficient (Wildman–Crippen LogP) is 2.15. The van der Waals surface area contributed by atoms with Crippen LogP contribution < -0.4 is 0 Å². The summed E-state index contributed by atoms with van der Waals surface area (Å²) in [6.07, 6.45) is -3.88. The number of rotatable bonds is 0. The molecule has 0 radical (unpaired) electrons. The van der Waals surface area contributed by atoms with Crippen molar-refractivity contribution >= 4 is 21.5 Å². The standard InChI is InChI=1S/C18H14O4/c19-15-8-3-1-2-7-6-11-13-9(16(20)18(11)22)4-5-10(17(15)21)14(13)12(7)8/h1-6,15-22H/t15-,16-,17-,18-/m1/s1. The van der Waals surface area contributed by atoms with Crippen LogP contribution in [0.2, 0.25) is 0 Å². The molecule has 3 aromatic carbocycles. The fraction of sp³-hybridized carbons (Fsp3) is 0.222. The van der Waals surface area contributed by atoms with Gasteiger partial charge < -0.3 is 20.4 Å². The Labute approximate surface area is 125 Å². The van der Waals surface area contributed by atoms with Crippen LogP contribution in [0.25, 0.3) is 21.5 Å². The maximum absolute atomic E-state index is 10.5. The normalized spacial score (nSPS) is 28.9. The molecule has 0 heterocycles. The zero-order valence-electron chi connectivity index (χ0n) is 11.6. The van der Waals surface area contributed by atoms with Gasteiger partial charge in [-0.15, -0.1) is 0 Å². The molecular weight excluding hydrogens is 280 g/mol. The summed E-state index contributed by atoms with van der Waals surface area (Å²) in [4.78, 5) is 0. The average molecular weight is 294 g/mol. The molecule has 22 heavy (non-hydrogen) atoms. The van der Waals surface area contributed by atoms with Crippen LogP contribution in [0.5, 0.6) is 0 Å². The van der Waals surface area contributed by atoms with E-state index in [1.807, 2.05) is 24.3 Å². The van der Waals surface area contributed by atoms with E-state index in [9.17, 15) is 20.4 Å². The van der Waals surface area contributed by atoms with Crippen molar-refractivity contribution in [1.82, 2.24) is 0 Å². The molecule has 0 aromatic heterocycles. The largest absolute Gasteiger partial charge is 0.385 e. The van der Waals surface area contributed by atoms with E-state index in [4.69, 9.17) is 0 Å². The number of aliphatic hydroxyl groups excluding tert-OH is 4. The fourth-order valence-corrected chi connectivity index (χ4v) is 4.11. The topological polar surface area (TPSA) is 80.9 Å². The first-order valence-corrected chi connectivity index (χ1v) is 7.34. The smallest absolute Gasteiger partial charge is 0.110 e. The van der Waals surface area contributed by atoms with Gasteiger partial charge >= 0.3 is 0 Å². The Hall–Kier alpha value is -1.98. The van der Waals surface area contributed by atoms with Gasteiger partial charge in [-0.3, -0.25) is 0 Å². The molecule has 5 rings (SSSR count). The van der Waals surface area contributed by atoms with Crippen LogP contribution in [-0.2, 0) is 0 Å². The second-order valence-corrected chi connectivity index (χ2v) is 6.18. The Balaban J connectivity index is 2.12. The molecule has 0 saturated carbocycles. The highest BCUT2D eigenvalue weighted by molar-refractivity contribution is 6.15. The summed E-state index contributed by atoms with van der Waals surface area (Å²) < 4.78 is 0. The molecule has 110 valence electrons. The van der Waals surface area contributed by atoms with E-state index in [2.05, 4.69) is 0 Å². The fourth-order valence-electron chi connectivity index (χ4n) is 4.11. The number of aliphatic hydroxyl groups is 4. The van der Waals surface area contributed by atoms with Crippen LogP contribution in [0.15, 0.2) is 36.4 Å². The van der Waals surface area contributed by atoms with Crippen molar-refractivity contribution in [3.05, 3.63) is 58.7 Å². The minimum absolute atomic E-state index is 0.651. The maximum atomic E-state index is 10.5. The van der Waals surface area contributed by atoms with Crippen molar-refractivity contribution in [3.63, 3.8) is 0 Å². The Bertz CT molecular complexity index is 962. The summed E-state index contributed by atoms with van der Waals surface area (Å²) in [5.41, 5.74) is 2.71. The molecule has 2 aliphatic carbocycles. The minimum atomic E-state index is -1.00. The first-order chi connectivity index (χ1) is 10.6. The molecule has 0 saturated heterocycles. The van der Waals surface area contributed by atoms with E-state index in [1.165, 1.54) is 0 Å². The molecule has 4 N–H and O–H groups in total. The molecule has 0 fully saturated rings. The van der Waals surface area contributed by atoms with E-state index in [0.29, 0.717) is 22.3 Å². The summed E-state index contributed by atoms with van der Waals surface area (Å²) >= 11 is 0. The monoisotopic (exact) mass is 294 g/mol. The van der Waals surface area contributed by atoms with E-state index >= 15 is 0 Å². The summed E-state index contributed by atoms with van der Waals surface area (Å²) in [7, 11) is 0. The molecule has 4 atom stereocenters. The first-order valence-electron chi connectivity index (χ1n) is 7.34. The van der Waals surface area contributed by atoms with E-state index in [1.54, 1.807) is 12.1 Å². The van der Waals surface area contributed by atoms with Crippen LogP contribution in [-0.4, -0.2) is 20.4 Å². The highest BCUT2D eigenvalue weighted by atomic mass is 16.3. The second kappa shape index (κ2) is 3.86. The molecule has 4 nitrogen and oxygen atoms in total. The van der Waals surface area contributed by atoms with Gasteiger partial charge in [0.1, 0.15) is 24.4 Å². The van der Waals surface area contributed by atoms with Gasteiger partial charge in [0.25, 0.3) is 0 Å². The van der Waals surface area contributed by atoms with E-state index < -0.39 is 24.4 Å². The van der Waals surface area contributed by atoms with Gasteiger partial charge in [0.15, 0.2) is 0 Å². The van der Waals surface area contributed by atoms with Crippen LogP contribution in [0.3, 0.4) is 0 Å². The van der Waals surface area contributed by atoms with Gasteiger partial charge in [-0.1, -0.05) is 30.3 Å². The van der Waals surface area contributed by atoms with Crippen LogP contribution in [0, 0.1) is 0 Å². The lowest BCUT2D eigenvalue weighted by atomic mass is 9.81. The predicted molar refractivity (Wildman–Crippen MR) is 81.3 cm³/mol. The van der Waals surface area contributed by atoms with Gasteiger partial charge in [0.05, 0.1) is 0 Å². The van der Waals surface area contributed by atoms with Crippen molar-refractivity contribution in [3.8, 4) is 0 Å². The van der Waals surface area contributed by atoms with Crippen molar-refractivity contribution < 1.29 is 20.4 Å². The van der Waals surface area contributed by atoms with Crippen molar-refractivity contribution in [1.29, 1.82) is 0 Å². The molecule has 0 bridgehead atoms. The number of hydrogen-bond acceptors (Lipinski definition) is 4. The highest BCUT2D eigenvalue weighted by Gasteiger charge is 2.37. The molecule has 4 heteroatoms. The Kier molecular flexibility index (Phi) is 2.20. The van der Waals surface area contributed by atoms with Crippen molar-refractivity contribution in [2.75, 3.05) is 0 Å². The Morgan fingerprint density at radius 3 is 1.77 bits per heavy atom. The lowest BCUT2D eigenvalue weighted by Crippen LogP contribution is -2.15. The third-order valence-electron chi connectivity index (χ3n) is 5.12. The minimum Gasteiger partial charge on any atom is -0.385 e. The van der Waals surface area contributed by atoms with Crippen molar-refractivity contribution in [2.45, 2.75) is 24.4 Å². The summed E-state index contributed by atoms with van der Waals surface area (Å²) in [6.45, 7) is 0. The number of benzene rings is 3. The lowest BCUT2D eigenvalue weighted by molar-refractivity contribution is 0.0177. The first kappa shape index (κ1) is 12.6. The third-order valence-corrected chi connectivity index (χ3v) is 5.12. The van der Waals surface area contributed by atoms with Crippen molar-refractivity contribution in [2.24, 2.45) is 0 Å². The van der Waals surface area contributed by atoms with Gasteiger partial charge in [0.2, 0.25) is 0 Å². The van der Waals surface area contributed by atoms with Crippen LogP contribution in [0.1, 0.15) is 46.7 Å². The zero-order chi connectivity index (χ0) is 15.2. The molecular formula is C18H14O4. The van der Waals surface area contributed by atoms with Gasteiger partial charge in [-0.25, -0.2) is 0 Å². The Morgan fingerprint density at radius 2 is 1.09 bits per heavy atom. The van der Waals surface area contributed by atoms with Gasteiger partial charge in [-0.05, 0) is 49.9 Å². The molecule has 2 aliphatic rings. The average Bonchev–Trinajstić information content (AvgIpc) is 2.78. The Morgan fingerprint density at radius 1 is 0.545 bits per heavy atom. The summed E-state index contributed by atoms with van der Waals surface area (Å²) in [6, 6.07) is 10.9. The molecule has 0 unspecified atom stereocenters. The zero-order valence-corrected chi connectivity index (χ0v) is 11.6. The van der Waals surface area contributed by atoms with Gasteiger partial charge in [0, 0.05) is 0 Å². The maximum Gasteiger partial charge on any atom is 0.110 e. The molecule has 0 spiro atoms. The van der Waals surface area contributed by atoms with E-state index in [0.717, 1.165) is 21.5 Å². The van der Waals surface area contributed by atoms with Crippen LogP contribution >= 0.6 is 0 Å². The molecule has 0 aliphatic heterocycles. The summed E-state index contributed by atoms with van der Waals surface area (Å²) in [5, 5.41) is 44.9. The van der Waals surface area contributed by atoms with Crippen LogP contribution in [0.4, 0.5) is 0 Å². The third kappa shape index (κ3) is 1.23. The summed E-state index contributed by atoms with van der Waals surface area (Å²) in [5.74, 6) is 0. The number of hydrogen-bond donors (Lipinski definition) is 4. The molecule has 0 amide bonds. The van der Waals surface area contributed by atoms with E-state index in [-0.39, 0.29) is 0 Å². The second-order valence-electron chi connectivity index (χ2n) is 6.18.